The number of anilines is 2. The van der Waals surface area contributed by atoms with Crippen LogP contribution in [0, 0.1) is 0 Å². The molecule has 0 N–H and O–H groups in total. The molecular formula is C34H39N3O4. The molecule has 2 heterocycles. The zero-order valence-corrected chi connectivity index (χ0v) is 24.2. The molecule has 3 aromatic rings. The first-order valence-electron chi connectivity index (χ1n) is 14.7. The van der Waals surface area contributed by atoms with Crippen molar-refractivity contribution < 1.29 is 19.1 Å². The van der Waals surface area contributed by atoms with E-state index >= 15 is 0 Å². The number of benzene rings is 3. The van der Waals surface area contributed by atoms with E-state index in [2.05, 4.69) is 19.1 Å². The van der Waals surface area contributed by atoms with E-state index in [-0.39, 0.29) is 30.0 Å². The molecular weight excluding hydrogens is 514 g/mol. The van der Waals surface area contributed by atoms with Crippen LogP contribution in [0.1, 0.15) is 79.9 Å². The molecule has 5 rings (SSSR count). The van der Waals surface area contributed by atoms with Crippen molar-refractivity contribution in [3.8, 4) is 0 Å². The zero-order valence-electron chi connectivity index (χ0n) is 24.2. The number of amides is 3. The molecule has 0 aliphatic carbocycles. The van der Waals surface area contributed by atoms with Crippen molar-refractivity contribution in [3.05, 3.63) is 95.6 Å². The molecule has 2 aliphatic heterocycles. The van der Waals surface area contributed by atoms with Crippen molar-refractivity contribution in [2.45, 2.75) is 64.5 Å². The van der Waals surface area contributed by atoms with Crippen molar-refractivity contribution in [1.82, 2.24) is 4.90 Å². The predicted octanol–water partition coefficient (Wildman–Crippen LogP) is 6.95. The van der Waals surface area contributed by atoms with Crippen molar-refractivity contribution >= 4 is 29.3 Å². The average molecular weight is 554 g/mol. The maximum Gasteiger partial charge on any atom is 0.409 e. The smallest absolute Gasteiger partial charge is 0.409 e. The van der Waals surface area contributed by atoms with Crippen LogP contribution < -0.4 is 9.80 Å². The minimum Gasteiger partial charge on any atom is -0.450 e. The number of rotatable bonds is 6. The fourth-order valence-electron chi connectivity index (χ4n) is 6.24. The Bertz CT molecular complexity index is 1370. The van der Waals surface area contributed by atoms with Gasteiger partial charge in [0, 0.05) is 42.5 Å². The lowest BCUT2D eigenvalue weighted by molar-refractivity contribution is -0.118. The van der Waals surface area contributed by atoms with Crippen LogP contribution in [-0.4, -0.2) is 48.5 Å². The SMILES string of the molecule is CCOC(=O)N1CCC(c2ccc(C(=O)N3c4ccccc4[C@H](N(C(=O)CC)c4ccccc4)C[C@@H]3C)cc2)CC1. The van der Waals surface area contributed by atoms with Crippen LogP contribution in [0.4, 0.5) is 16.2 Å². The number of fused-ring (bicyclic) bond motifs is 1. The molecule has 0 spiro atoms. The van der Waals surface area contributed by atoms with Crippen LogP contribution >= 0.6 is 0 Å². The number of hydrogen-bond donors (Lipinski definition) is 0. The van der Waals surface area contributed by atoms with Gasteiger partial charge in [-0.2, -0.15) is 0 Å². The van der Waals surface area contributed by atoms with Gasteiger partial charge in [-0.05, 0) is 80.5 Å². The Hall–Kier alpha value is -4.13. The molecule has 3 amide bonds. The highest BCUT2D eigenvalue weighted by molar-refractivity contribution is 6.07. The minimum atomic E-state index is -0.240. The maximum absolute atomic E-state index is 14.0. The lowest BCUT2D eigenvalue weighted by Crippen LogP contribution is -2.47. The molecule has 7 heteroatoms. The molecule has 0 radical (unpaired) electrons. The van der Waals surface area contributed by atoms with Crippen molar-refractivity contribution in [2.24, 2.45) is 0 Å². The lowest BCUT2D eigenvalue weighted by Gasteiger charge is -2.43. The Morgan fingerprint density at radius 2 is 1.54 bits per heavy atom. The minimum absolute atomic E-state index is 0.0415. The van der Waals surface area contributed by atoms with Crippen molar-refractivity contribution in [2.75, 3.05) is 29.5 Å². The van der Waals surface area contributed by atoms with E-state index < -0.39 is 0 Å². The van der Waals surface area contributed by atoms with Gasteiger partial charge in [-0.25, -0.2) is 4.79 Å². The third-order valence-electron chi connectivity index (χ3n) is 8.35. The van der Waals surface area contributed by atoms with E-state index in [0.717, 1.165) is 29.8 Å². The van der Waals surface area contributed by atoms with Crippen LogP contribution in [0.2, 0.25) is 0 Å². The number of hydrogen-bond acceptors (Lipinski definition) is 4. The zero-order chi connectivity index (χ0) is 28.9. The first kappa shape index (κ1) is 28.4. The summed E-state index contributed by atoms with van der Waals surface area (Å²) in [5.74, 6) is 0.368. The number of nitrogens with zero attached hydrogens (tertiary/aromatic N) is 3. The Labute approximate surface area is 242 Å². The van der Waals surface area contributed by atoms with Crippen molar-refractivity contribution in [1.29, 1.82) is 0 Å². The molecule has 0 bridgehead atoms. The van der Waals surface area contributed by atoms with Crippen molar-refractivity contribution in [3.63, 3.8) is 0 Å². The summed E-state index contributed by atoms with van der Waals surface area (Å²) in [6, 6.07) is 25.4. The van der Waals surface area contributed by atoms with Gasteiger partial charge < -0.3 is 19.4 Å². The Morgan fingerprint density at radius 1 is 0.878 bits per heavy atom. The summed E-state index contributed by atoms with van der Waals surface area (Å²) < 4.78 is 5.14. The Balaban J connectivity index is 1.36. The molecule has 1 fully saturated rings. The second-order valence-electron chi connectivity index (χ2n) is 10.9. The molecule has 2 atom stereocenters. The summed E-state index contributed by atoms with van der Waals surface area (Å²) in [5.41, 5.74) is 4.53. The second-order valence-corrected chi connectivity index (χ2v) is 10.9. The summed E-state index contributed by atoms with van der Waals surface area (Å²) in [6.45, 7) is 7.51. The van der Waals surface area contributed by atoms with Crippen LogP contribution in [0.3, 0.4) is 0 Å². The largest absolute Gasteiger partial charge is 0.450 e. The van der Waals surface area contributed by atoms with Crippen LogP contribution in [0.5, 0.6) is 0 Å². The van der Waals surface area contributed by atoms with E-state index in [0.29, 0.717) is 44.0 Å². The summed E-state index contributed by atoms with van der Waals surface area (Å²) in [6.07, 6.45) is 2.55. The third-order valence-corrected chi connectivity index (χ3v) is 8.35. The summed E-state index contributed by atoms with van der Waals surface area (Å²) in [5, 5.41) is 0. The predicted molar refractivity (Wildman–Crippen MR) is 161 cm³/mol. The molecule has 7 nitrogen and oxygen atoms in total. The summed E-state index contributed by atoms with van der Waals surface area (Å²) in [7, 11) is 0. The molecule has 0 saturated carbocycles. The first-order chi connectivity index (χ1) is 19.9. The molecule has 2 aliphatic rings. The number of piperidine rings is 1. The quantitative estimate of drug-likeness (QED) is 0.331. The highest BCUT2D eigenvalue weighted by Gasteiger charge is 2.38. The standard InChI is InChI=1S/C34H39N3O4/c1-4-32(38)37(28-11-7-6-8-12-28)31-23-24(3)36(30-14-10-9-13-29(30)31)33(39)27-17-15-25(16-18-27)26-19-21-35(22-20-26)34(40)41-5-2/h6-18,24,26,31H,4-5,19-23H2,1-3H3/t24-,31+/m0/s1. The van der Waals surface area contributed by atoms with Gasteiger partial charge in [0.25, 0.3) is 5.91 Å². The average Bonchev–Trinajstić information content (AvgIpc) is 3.01. The molecule has 3 aromatic carbocycles. The number of carbonyl (C=O) groups is 3. The normalized spacial score (nSPS) is 18.9. The summed E-state index contributed by atoms with van der Waals surface area (Å²) >= 11 is 0. The van der Waals surface area contributed by atoms with E-state index in [4.69, 9.17) is 4.74 Å². The Morgan fingerprint density at radius 3 is 2.20 bits per heavy atom. The Kier molecular flexibility index (Phi) is 8.72. The highest BCUT2D eigenvalue weighted by atomic mass is 16.6. The fourth-order valence-corrected chi connectivity index (χ4v) is 6.24. The van der Waals surface area contributed by atoms with Crippen LogP contribution in [-0.2, 0) is 9.53 Å². The van der Waals surface area contributed by atoms with Gasteiger partial charge in [-0.15, -0.1) is 0 Å². The number of carbonyl (C=O) groups excluding carboxylic acids is 3. The van der Waals surface area contributed by atoms with E-state index in [1.165, 1.54) is 5.56 Å². The van der Waals surface area contributed by atoms with Crippen LogP contribution in [0.25, 0.3) is 0 Å². The highest BCUT2D eigenvalue weighted by Crippen LogP contribution is 2.43. The summed E-state index contributed by atoms with van der Waals surface area (Å²) in [4.78, 5) is 44.8. The van der Waals surface area contributed by atoms with E-state index in [1.807, 2.05) is 90.4 Å². The fraction of sp³-hybridized carbons (Fsp3) is 0.382. The number of para-hydroxylation sites is 2. The third kappa shape index (κ3) is 5.85. The van der Waals surface area contributed by atoms with Gasteiger partial charge in [-0.1, -0.05) is 55.5 Å². The monoisotopic (exact) mass is 553 g/mol. The topological polar surface area (TPSA) is 70.2 Å². The first-order valence-corrected chi connectivity index (χ1v) is 14.7. The van der Waals surface area contributed by atoms with Crippen LogP contribution in [0.15, 0.2) is 78.9 Å². The molecule has 0 aromatic heterocycles. The van der Waals surface area contributed by atoms with Gasteiger partial charge >= 0.3 is 6.09 Å². The van der Waals surface area contributed by atoms with Gasteiger partial charge in [0.1, 0.15) is 0 Å². The maximum atomic E-state index is 14.0. The number of likely N-dealkylation sites (tertiary alicyclic amines) is 1. The number of ether oxygens (including phenoxy) is 1. The van der Waals surface area contributed by atoms with Gasteiger partial charge in [0.15, 0.2) is 0 Å². The van der Waals surface area contributed by atoms with E-state index in [1.54, 1.807) is 4.90 Å². The second kappa shape index (κ2) is 12.6. The molecule has 0 unspecified atom stereocenters. The molecule has 214 valence electrons. The van der Waals surface area contributed by atoms with Gasteiger partial charge in [-0.3, -0.25) is 9.59 Å². The molecule has 1 saturated heterocycles. The molecule has 41 heavy (non-hydrogen) atoms. The van der Waals surface area contributed by atoms with Gasteiger partial charge in [0.05, 0.1) is 12.6 Å². The lowest BCUT2D eigenvalue weighted by atomic mass is 9.88. The van der Waals surface area contributed by atoms with E-state index in [9.17, 15) is 14.4 Å². The van der Waals surface area contributed by atoms with Gasteiger partial charge in [0.2, 0.25) is 5.91 Å².